The van der Waals surface area contributed by atoms with Gasteiger partial charge in [-0.15, -0.1) is 0 Å². The third kappa shape index (κ3) is 3.75. The Kier molecular flexibility index (Phi) is 5.54. The molecule has 2 nitrogen and oxygen atoms in total. The lowest BCUT2D eigenvalue weighted by Crippen LogP contribution is -1.95. The van der Waals surface area contributed by atoms with Gasteiger partial charge in [0.2, 0.25) is 0 Å². The molecule has 0 unspecified atom stereocenters. The number of fused-ring (bicyclic) bond motifs is 7. The fourth-order valence-corrected chi connectivity index (χ4v) is 6.94. The van der Waals surface area contributed by atoms with Crippen molar-refractivity contribution in [2.24, 2.45) is 0 Å². The van der Waals surface area contributed by atoms with Gasteiger partial charge in [-0.2, -0.15) is 0 Å². The molecule has 0 saturated heterocycles. The minimum Gasteiger partial charge on any atom is -0.309 e. The molecule has 0 N–H and O–H groups in total. The summed E-state index contributed by atoms with van der Waals surface area (Å²) in [5.41, 5.74) is 12.1. The van der Waals surface area contributed by atoms with E-state index in [9.17, 15) is 0 Å². The lowest BCUT2D eigenvalue weighted by Gasteiger charge is -2.11. The van der Waals surface area contributed by atoms with Gasteiger partial charge in [0.25, 0.3) is 0 Å². The highest BCUT2D eigenvalue weighted by Gasteiger charge is 2.20. The second-order valence-corrected chi connectivity index (χ2v) is 11.4. The Balaban J connectivity index is 1.29. The van der Waals surface area contributed by atoms with Gasteiger partial charge in [0, 0.05) is 32.9 Å². The third-order valence-electron chi connectivity index (χ3n) is 8.91. The first-order valence-electron chi connectivity index (χ1n) is 15.1. The Labute approximate surface area is 255 Å². The average Bonchev–Trinajstić information content (AvgIpc) is 3.62. The fraction of sp³-hybridized carbons (Fsp3) is 0. The first-order chi connectivity index (χ1) is 21.8. The molecule has 2 heteroatoms. The summed E-state index contributed by atoms with van der Waals surface area (Å²) >= 11 is 0. The summed E-state index contributed by atoms with van der Waals surface area (Å²) in [5, 5.41) is 5.07. The number of aromatic nitrogens is 2. The molecule has 0 aliphatic carbocycles. The number of hydrogen-bond donors (Lipinski definition) is 0. The van der Waals surface area contributed by atoms with Crippen LogP contribution in [0.3, 0.4) is 0 Å². The van der Waals surface area contributed by atoms with Crippen LogP contribution in [0.5, 0.6) is 0 Å². The van der Waals surface area contributed by atoms with Crippen LogP contribution in [0.15, 0.2) is 170 Å². The Morgan fingerprint density at radius 1 is 0.295 bits per heavy atom. The predicted molar refractivity (Wildman–Crippen MR) is 186 cm³/mol. The quantitative estimate of drug-likeness (QED) is 0.203. The maximum atomic E-state index is 2.44. The lowest BCUT2D eigenvalue weighted by atomic mass is 10.00. The summed E-state index contributed by atoms with van der Waals surface area (Å²) in [5.74, 6) is 0. The molecule has 9 rings (SSSR count). The van der Waals surface area contributed by atoms with E-state index in [2.05, 4.69) is 179 Å². The zero-order valence-corrected chi connectivity index (χ0v) is 24.1. The molecule has 0 fully saturated rings. The van der Waals surface area contributed by atoms with Crippen molar-refractivity contribution in [2.45, 2.75) is 0 Å². The van der Waals surface area contributed by atoms with Crippen molar-refractivity contribution in [1.82, 2.24) is 9.13 Å². The number of hydrogen-bond acceptors (Lipinski definition) is 0. The van der Waals surface area contributed by atoms with Crippen LogP contribution < -0.4 is 0 Å². The second-order valence-electron chi connectivity index (χ2n) is 11.4. The first-order valence-corrected chi connectivity index (χ1v) is 15.1. The summed E-state index contributed by atoms with van der Waals surface area (Å²) < 4.78 is 4.87. The molecule has 2 aromatic heterocycles. The van der Waals surface area contributed by atoms with Crippen LogP contribution in [0.2, 0.25) is 0 Å². The Bertz CT molecular complexity index is 2460. The van der Waals surface area contributed by atoms with Crippen LogP contribution in [0.25, 0.3) is 77.2 Å². The number of para-hydroxylation sites is 3. The second kappa shape index (κ2) is 9.86. The molecule has 2 heterocycles. The van der Waals surface area contributed by atoms with E-state index in [0.29, 0.717) is 0 Å². The third-order valence-corrected chi connectivity index (χ3v) is 8.91. The predicted octanol–water partition coefficient (Wildman–Crippen LogP) is 11.2. The molecule has 0 bridgehead atoms. The van der Waals surface area contributed by atoms with Crippen molar-refractivity contribution < 1.29 is 0 Å². The van der Waals surface area contributed by atoms with Crippen LogP contribution >= 0.6 is 0 Å². The van der Waals surface area contributed by atoms with E-state index in [-0.39, 0.29) is 0 Å². The average molecular weight is 561 g/mol. The van der Waals surface area contributed by atoms with E-state index in [0.717, 1.165) is 5.69 Å². The largest absolute Gasteiger partial charge is 0.309 e. The molecule has 7 aromatic carbocycles. The molecule has 0 radical (unpaired) electrons. The summed E-state index contributed by atoms with van der Waals surface area (Å²) in [6.07, 6.45) is 0. The summed E-state index contributed by atoms with van der Waals surface area (Å²) in [6, 6.07) is 61.3. The van der Waals surface area contributed by atoms with Gasteiger partial charge < -0.3 is 9.13 Å². The van der Waals surface area contributed by atoms with Crippen LogP contribution in [0.1, 0.15) is 0 Å². The highest BCUT2D eigenvalue weighted by molar-refractivity contribution is 6.26. The topological polar surface area (TPSA) is 9.86 Å². The standard InChI is InChI=1S/C42H28N2/c1-3-12-29(13-4-1)30-22-24-31(25-23-30)32-14-11-17-34(28-32)43-39-21-10-8-19-37(39)41-40(43)27-26-36-35-18-7-9-20-38(35)44(42(36)41)33-15-5-2-6-16-33/h1-28H. The SMILES string of the molecule is c1ccc(-c2ccc(-c3cccc(-n4c5ccccc5c5c4ccc4c6ccccc6n(-c6ccccc6)c45)c3)cc2)cc1. The van der Waals surface area contributed by atoms with Crippen LogP contribution in [-0.4, -0.2) is 9.13 Å². The maximum Gasteiger partial charge on any atom is 0.0641 e. The molecule has 9 aromatic rings. The van der Waals surface area contributed by atoms with Crippen molar-refractivity contribution >= 4 is 43.6 Å². The van der Waals surface area contributed by atoms with Crippen LogP contribution in [0.4, 0.5) is 0 Å². The van der Waals surface area contributed by atoms with Crippen LogP contribution in [0, 0.1) is 0 Å². The van der Waals surface area contributed by atoms with Gasteiger partial charge in [0.15, 0.2) is 0 Å². The summed E-state index contributed by atoms with van der Waals surface area (Å²) in [4.78, 5) is 0. The van der Waals surface area contributed by atoms with Gasteiger partial charge in [-0.25, -0.2) is 0 Å². The molecule has 0 saturated carbocycles. The Morgan fingerprint density at radius 2 is 0.841 bits per heavy atom. The highest BCUT2D eigenvalue weighted by atomic mass is 15.0. The van der Waals surface area contributed by atoms with Crippen molar-refractivity contribution in [3.8, 4) is 33.6 Å². The zero-order valence-electron chi connectivity index (χ0n) is 24.1. The minimum atomic E-state index is 1.16. The van der Waals surface area contributed by atoms with Crippen molar-refractivity contribution in [1.29, 1.82) is 0 Å². The number of rotatable bonds is 4. The zero-order chi connectivity index (χ0) is 29.0. The van der Waals surface area contributed by atoms with E-state index in [1.54, 1.807) is 0 Å². The minimum absolute atomic E-state index is 1.16. The van der Waals surface area contributed by atoms with Crippen LogP contribution in [-0.2, 0) is 0 Å². The number of nitrogens with zero attached hydrogens (tertiary/aromatic N) is 2. The van der Waals surface area contributed by atoms with Gasteiger partial charge in [0.05, 0.1) is 22.1 Å². The van der Waals surface area contributed by atoms with Gasteiger partial charge in [-0.1, -0.05) is 127 Å². The van der Waals surface area contributed by atoms with Crippen molar-refractivity contribution in [3.63, 3.8) is 0 Å². The van der Waals surface area contributed by atoms with E-state index in [1.165, 1.54) is 71.6 Å². The molecular weight excluding hydrogens is 532 g/mol. The van der Waals surface area contributed by atoms with Gasteiger partial charge >= 0.3 is 0 Å². The van der Waals surface area contributed by atoms with Gasteiger partial charge in [0.1, 0.15) is 0 Å². The summed E-state index contributed by atoms with van der Waals surface area (Å²) in [7, 11) is 0. The highest BCUT2D eigenvalue weighted by Crippen LogP contribution is 2.42. The van der Waals surface area contributed by atoms with E-state index in [1.807, 2.05) is 0 Å². The molecular formula is C42H28N2. The monoisotopic (exact) mass is 560 g/mol. The lowest BCUT2D eigenvalue weighted by molar-refractivity contribution is 1.17. The summed E-state index contributed by atoms with van der Waals surface area (Å²) in [6.45, 7) is 0. The normalized spacial score (nSPS) is 11.6. The molecule has 0 amide bonds. The maximum absolute atomic E-state index is 2.44. The fourth-order valence-electron chi connectivity index (χ4n) is 6.94. The smallest absolute Gasteiger partial charge is 0.0641 e. The molecule has 206 valence electrons. The molecule has 44 heavy (non-hydrogen) atoms. The first kappa shape index (κ1) is 24.7. The Morgan fingerprint density at radius 3 is 1.59 bits per heavy atom. The van der Waals surface area contributed by atoms with Gasteiger partial charge in [-0.3, -0.25) is 0 Å². The van der Waals surface area contributed by atoms with E-state index < -0.39 is 0 Å². The molecule has 0 aliphatic heterocycles. The Hall–Kier alpha value is -5.86. The van der Waals surface area contributed by atoms with Crippen molar-refractivity contribution in [2.75, 3.05) is 0 Å². The molecule has 0 spiro atoms. The van der Waals surface area contributed by atoms with Crippen molar-refractivity contribution in [3.05, 3.63) is 170 Å². The van der Waals surface area contributed by atoms with E-state index >= 15 is 0 Å². The molecule has 0 atom stereocenters. The number of benzene rings is 7. The van der Waals surface area contributed by atoms with Gasteiger partial charge in [-0.05, 0) is 64.7 Å². The molecule has 0 aliphatic rings. The van der Waals surface area contributed by atoms with E-state index in [4.69, 9.17) is 0 Å².